The van der Waals surface area contributed by atoms with Crippen LogP contribution in [0.5, 0.6) is 0 Å². The number of rotatable bonds is 0. The van der Waals surface area contributed by atoms with Gasteiger partial charge in [-0.05, 0) is 6.07 Å². The van der Waals surface area contributed by atoms with E-state index in [0.29, 0.717) is 5.82 Å². The summed E-state index contributed by atoms with van der Waals surface area (Å²) in [5, 5.41) is 6.36. The van der Waals surface area contributed by atoms with Crippen LogP contribution in [0.3, 0.4) is 0 Å². The van der Waals surface area contributed by atoms with Crippen LogP contribution in [0.1, 0.15) is 0 Å². The summed E-state index contributed by atoms with van der Waals surface area (Å²) in [5.74, 6) is 0.623. The fourth-order valence-corrected chi connectivity index (χ4v) is 0.442. The minimum Gasteiger partial charge on any atom is -0.384 e. The number of aromatic amines is 1. The molecule has 4 heteroatoms. The zero-order valence-electron chi connectivity index (χ0n) is 4.10. The summed E-state index contributed by atoms with van der Waals surface area (Å²) in [7, 11) is 1.88. The number of aromatic nitrogens is 2. The average Bonchev–Trinajstić information content (AvgIpc) is 1.87. The van der Waals surface area contributed by atoms with Gasteiger partial charge in [0, 0.05) is 5.59 Å². The van der Waals surface area contributed by atoms with Gasteiger partial charge in [0.15, 0.2) is 7.85 Å². The molecule has 0 bridgehead atoms. The molecule has 0 radical (unpaired) electrons. The van der Waals surface area contributed by atoms with Crippen molar-refractivity contribution in [2.75, 3.05) is 5.73 Å². The molecule has 7 heavy (non-hydrogen) atoms. The summed E-state index contributed by atoms with van der Waals surface area (Å²) in [6.07, 6.45) is 0. The Hall–Kier alpha value is -0.925. The first kappa shape index (κ1) is 4.24. The maximum absolute atomic E-state index is 5.26. The highest BCUT2D eigenvalue weighted by molar-refractivity contribution is 6.30. The smallest absolute Gasteiger partial charge is 0.166 e. The number of H-pyrrole nitrogens is 1. The summed E-state index contributed by atoms with van der Waals surface area (Å²) < 4.78 is 0. The van der Waals surface area contributed by atoms with Crippen molar-refractivity contribution < 1.29 is 0 Å². The Kier molecular flexibility index (Phi) is 0.783. The van der Waals surface area contributed by atoms with Crippen LogP contribution in [0.4, 0.5) is 5.82 Å². The molecule has 3 nitrogen and oxygen atoms in total. The zero-order chi connectivity index (χ0) is 5.28. The number of anilines is 1. The van der Waals surface area contributed by atoms with Crippen molar-refractivity contribution >= 4 is 19.3 Å². The van der Waals surface area contributed by atoms with E-state index in [0.717, 1.165) is 5.59 Å². The van der Waals surface area contributed by atoms with Crippen LogP contribution < -0.4 is 11.3 Å². The van der Waals surface area contributed by atoms with Gasteiger partial charge >= 0.3 is 0 Å². The molecule has 1 aromatic heterocycles. The van der Waals surface area contributed by atoms with E-state index in [-0.39, 0.29) is 0 Å². The Morgan fingerprint density at radius 1 is 1.86 bits per heavy atom. The first-order chi connectivity index (χ1) is 3.29. The largest absolute Gasteiger partial charge is 0.384 e. The lowest BCUT2D eigenvalue weighted by molar-refractivity contribution is 1.12. The maximum atomic E-state index is 5.26. The van der Waals surface area contributed by atoms with Crippen LogP contribution >= 0.6 is 0 Å². The fraction of sp³-hybridized carbons (Fsp3) is 0. The number of nitrogen functional groups attached to an aromatic ring is 1. The van der Waals surface area contributed by atoms with E-state index in [1.807, 2.05) is 7.85 Å². The van der Waals surface area contributed by atoms with Crippen LogP contribution in [-0.4, -0.2) is 18.0 Å². The number of nitrogens with one attached hydrogen (secondary N) is 1. The molecule has 1 heterocycles. The predicted octanol–water partition coefficient (Wildman–Crippen LogP) is -1.75. The third-order valence-electron chi connectivity index (χ3n) is 0.726. The van der Waals surface area contributed by atoms with E-state index < -0.39 is 0 Å². The second-order valence-corrected chi connectivity index (χ2v) is 1.46. The highest BCUT2D eigenvalue weighted by Gasteiger charge is 1.85. The van der Waals surface area contributed by atoms with Gasteiger partial charge in [-0.2, -0.15) is 5.10 Å². The fourth-order valence-electron chi connectivity index (χ4n) is 0.442. The monoisotopic (exact) mass is 95.1 g/mol. The van der Waals surface area contributed by atoms with Crippen molar-refractivity contribution in [1.82, 2.24) is 10.2 Å². The Morgan fingerprint density at radius 3 is 2.71 bits per heavy atom. The SMILES string of the molecule is Bc1cc(N)[nH]n1. The van der Waals surface area contributed by atoms with Crippen LogP contribution in [0.2, 0.25) is 0 Å². The summed E-state index contributed by atoms with van der Waals surface area (Å²) in [6.45, 7) is 0. The van der Waals surface area contributed by atoms with Gasteiger partial charge in [0.05, 0.1) is 0 Å². The molecular formula is C3H6BN3. The number of hydrogen-bond donors (Lipinski definition) is 2. The summed E-state index contributed by atoms with van der Waals surface area (Å²) in [5.41, 5.74) is 6.19. The van der Waals surface area contributed by atoms with E-state index in [1.54, 1.807) is 6.07 Å². The summed E-state index contributed by atoms with van der Waals surface area (Å²) in [6, 6.07) is 1.78. The van der Waals surface area contributed by atoms with Crippen molar-refractivity contribution in [3.8, 4) is 0 Å². The molecule has 0 aliphatic carbocycles. The topological polar surface area (TPSA) is 54.7 Å². The van der Waals surface area contributed by atoms with Gasteiger partial charge in [0.1, 0.15) is 5.82 Å². The third kappa shape index (κ3) is 0.736. The number of hydrogen-bond acceptors (Lipinski definition) is 2. The van der Waals surface area contributed by atoms with Crippen molar-refractivity contribution in [2.45, 2.75) is 0 Å². The molecule has 0 aliphatic rings. The summed E-state index contributed by atoms with van der Waals surface area (Å²) in [4.78, 5) is 0. The number of nitrogens with zero attached hydrogens (tertiary/aromatic N) is 1. The molecule has 36 valence electrons. The van der Waals surface area contributed by atoms with E-state index in [4.69, 9.17) is 5.73 Å². The normalized spacial score (nSPS) is 9.14. The Bertz CT molecular complexity index is 142. The second kappa shape index (κ2) is 1.29. The van der Waals surface area contributed by atoms with Crippen LogP contribution in [-0.2, 0) is 0 Å². The lowest BCUT2D eigenvalue weighted by Gasteiger charge is -1.70. The molecule has 0 atom stereocenters. The maximum Gasteiger partial charge on any atom is 0.166 e. The van der Waals surface area contributed by atoms with Crippen LogP contribution in [0.25, 0.3) is 0 Å². The summed E-state index contributed by atoms with van der Waals surface area (Å²) >= 11 is 0. The van der Waals surface area contributed by atoms with Gasteiger partial charge in [0.25, 0.3) is 0 Å². The van der Waals surface area contributed by atoms with Gasteiger partial charge < -0.3 is 5.73 Å². The van der Waals surface area contributed by atoms with E-state index in [1.165, 1.54) is 0 Å². The molecule has 0 amide bonds. The quantitative estimate of drug-likeness (QED) is 0.375. The number of nitrogens with two attached hydrogens (primary N) is 1. The standard InChI is InChI=1S/C3H6BN3/c4-2-1-3(5)7-6-2/h1H,4H2,(H3,5,6,7). The lowest BCUT2D eigenvalue weighted by atomic mass is 10.1. The Morgan fingerprint density at radius 2 is 2.57 bits per heavy atom. The molecule has 0 saturated carbocycles. The molecule has 0 saturated heterocycles. The van der Waals surface area contributed by atoms with Crippen molar-refractivity contribution in [2.24, 2.45) is 0 Å². The minimum absolute atomic E-state index is 0.623. The minimum atomic E-state index is 0.623. The molecule has 0 unspecified atom stereocenters. The molecule has 0 fully saturated rings. The van der Waals surface area contributed by atoms with Crippen molar-refractivity contribution in [1.29, 1.82) is 0 Å². The van der Waals surface area contributed by atoms with Crippen molar-refractivity contribution in [3.05, 3.63) is 6.07 Å². The van der Waals surface area contributed by atoms with Crippen LogP contribution in [0.15, 0.2) is 6.07 Å². The van der Waals surface area contributed by atoms with E-state index in [2.05, 4.69) is 10.2 Å². The zero-order valence-corrected chi connectivity index (χ0v) is 4.10. The Balaban J connectivity index is 3.04. The van der Waals surface area contributed by atoms with Gasteiger partial charge in [-0.3, -0.25) is 5.10 Å². The first-order valence-corrected chi connectivity index (χ1v) is 2.06. The van der Waals surface area contributed by atoms with Crippen molar-refractivity contribution in [3.63, 3.8) is 0 Å². The molecule has 1 aromatic rings. The average molecular weight is 94.9 g/mol. The Labute approximate surface area is 42.3 Å². The molecule has 0 aliphatic heterocycles. The molecular weight excluding hydrogens is 88.9 g/mol. The lowest BCUT2D eigenvalue weighted by Crippen LogP contribution is -2.00. The molecule has 1 rings (SSSR count). The van der Waals surface area contributed by atoms with Gasteiger partial charge in [-0.1, -0.05) is 0 Å². The first-order valence-electron chi connectivity index (χ1n) is 2.06. The predicted molar refractivity (Wildman–Crippen MR) is 31.2 cm³/mol. The van der Waals surface area contributed by atoms with E-state index >= 15 is 0 Å². The van der Waals surface area contributed by atoms with Gasteiger partial charge in [-0.15, -0.1) is 0 Å². The molecule has 0 aromatic carbocycles. The van der Waals surface area contributed by atoms with E-state index in [9.17, 15) is 0 Å². The highest BCUT2D eigenvalue weighted by atomic mass is 15.1. The second-order valence-electron chi connectivity index (χ2n) is 1.46. The van der Waals surface area contributed by atoms with Crippen LogP contribution in [0, 0.1) is 0 Å². The van der Waals surface area contributed by atoms with Gasteiger partial charge in [0.2, 0.25) is 0 Å². The third-order valence-corrected chi connectivity index (χ3v) is 0.726. The highest BCUT2D eigenvalue weighted by Crippen LogP contribution is 1.83. The molecule has 0 spiro atoms. The van der Waals surface area contributed by atoms with Gasteiger partial charge in [-0.25, -0.2) is 0 Å². The molecule has 3 N–H and O–H groups in total.